The van der Waals surface area contributed by atoms with Crippen molar-refractivity contribution in [1.29, 1.82) is 0 Å². The van der Waals surface area contributed by atoms with E-state index in [1.807, 2.05) is 12.1 Å². The molecule has 4 rings (SSSR count). The second-order valence-corrected chi connectivity index (χ2v) is 8.24. The lowest BCUT2D eigenvalue weighted by atomic mass is 10.0. The number of nitrogens with one attached hydrogen (secondary N) is 3. The van der Waals surface area contributed by atoms with E-state index in [-0.39, 0.29) is 30.0 Å². The Kier molecular flexibility index (Phi) is 5.04. The summed E-state index contributed by atoms with van der Waals surface area (Å²) >= 11 is 3.30. The van der Waals surface area contributed by atoms with Crippen LogP contribution in [0.25, 0.3) is 0 Å². The minimum atomic E-state index is -0.354. The maximum Gasteiger partial charge on any atom is 0.315 e. The van der Waals surface area contributed by atoms with Gasteiger partial charge >= 0.3 is 6.03 Å². The van der Waals surface area contributed by atoms with Crippen LogP contribution in [0, 0.1) is 11.7 Å². The molecule has 1 unspecified atom stereocenters. The second kappa shape index (κ2) is 7.46. The summed E-state index contributed by atoms with van der Waals surface area (Å²) in [4.78, 5) is 27.5. The highest BCUT2D eigenvalue weighted by atomic mass is 79.9. The van der Waals surface area contributed by atoms with Gasteiger partial charge < -0.3 is 15.6 Å². The van der Waals surface area contributed by atoms with Crippen molar-refractivity contribution in [3.8, 4) is 0 Å². The molecular formula is C20H21BrFN3O2. The van der Waals surface area contributed by atoms with Crippen LogP contribution in [0.15, 0.2) is 33.5 Å². The third-order valence-corrected chi connectivity index (χ3v) is 5.69. The molecule has 2 aliphatic carbocycles. The quantitative estimate of drug-likeness (QED) is 0.671. The molecule has 0 spiro atoms. The number of hydrogen-bond donors (Lipinski definition) is 3. The van der Waals surface area contributed by atoms with Crippen molar-refractivity contribution in [2.45, 2.75) is 44.7 Å². The van der Waals surface area contributed by atoms with Crippen LogP contribution >= 0.6 is 15.9 Å². The predicted octanol–water partition coefficient (Wildman–Crippen LogP) is 3.72. The summed E-state index contributed by atoms with van der Waals surface area (Å²) in [6, 6.07) is 5.98. The highest BCUT2D eigenvalue weighted by molar-refractivity contribution is 9.10. The fraction of sp³-hybridized carbons (Fsp3) is 0.400. The minimum absolute atomic E-state index is 0.149. The topological polar surface area (TPSA) is 74.0 Å². The number of halogens is 2. The summed E-state index contributed by atoms with van der Waals surface area (Å²) in [6.45, 7) is 0.165. The average molecular weight is 434 g/mol. The molecule has 0 aliphatic heterocycles. The molecule has 27 heavy (non-hydrogen) atoms. The number of H-pyrrole nitrogens is 1. The van der Waals surface area contributed by atoms with Gasteiger partial charge in [-0.05, 0) is 73.4 Å². The molecule has 7 heteroatoms. The van der Waals surface area contributed by atoms with Gasteiger partial charge in [0.25, 0.3) is 5.56 Å². The number of aromatic amines is 1. The number of hydrogen-bond acceptors (Lipinski definition) is 2. The maximum atomic E-state index is 13.7. The van der Waals surface area contributed by atoms with E-state index >= 15 is 0 Å². The molecule has 1 heterocycles. The molecule has 0 bridgehead atoms. The van der Waals surface area contributed by atoms with E-state index in [9.17, 15) is 14.0 Å². The first-order chi connectivity index (χ1) is 13.0. The Morgan fingerprint density at radius 3 is 2.81 bits per heavy atom. The van der Waals surface area contributed by atoms with Gasteiger partial charge in [-0.1, -0.05) is 15.9 Å². The van der Waals surface area contributed by atoms with Crippen LogP contribution in [0.2, 0.25) is 0 Å². The molecule has 2 amide bonds. The number of fused-ring (bicyclic) bond motifs is 1. The van der Waals surface area contributed by atoms with Gasteiger partial charge in [0.05, 0.1) is 6.04 Å². The smallest absolute Gasteiger partial charge is 0.315 e. The minimum Gasteiger partial charge on any atom is -0.334 e. The number of urea groups is 1. The molecule has 1 aromatic carbocycles. The second-order valence-electron chi connectivity index (χ2n) is 7.33. The number of amides is 2. The number of pyridine rings is 1. The van der Waals surface area contributed by atoms with E-state index in [0.717, 1.165) is 48.9 Å². The molecule has 1 atom stereocenters. The number of aryl methyl sites for hydroxylation is 2. The van der Waals surface area contributed by atoms with E-state index < -0.39 is 0 Å². The average Bonchev–Trinajstić information content (AvgIpc) is 3.35. The van der Waals surface area contributed by atoms with Crippen LogP contribution in [-0.4, -0.2) is 11.0 Å². The van der Waals surface area contributed by atoms with Gasteiger partial charge in [0.15, 0.2) is 0 Å². The highest BCUT2D eigenvalue weighted by Gasteiger charge is 2.33. The van der Waals surface area contributed by atoms with Crippen LogP contribution in [0.5, 0.6) is 0 Å². The zero-order chi connectivity index (χ0) is 19.0. The van der Waals surface area contributed by atoms with Gasteiger partial charge in [-0.3, -0.25) is 4.79 Å². The molecule has 1 aromatic heterocycles. The summed E-state index contributed by atoms with van der Waals surface area (Å²) in [5, 5.41) is 5.71. The molecule has 0 saturated heterocycles. The van der Waals surface area contributed by atoms with E-state index in [0.29, 0.717) is 16.0 Å². The molecule has 1 fully saturated rings. The van der Waals surface area contributed by atoms with E-state index in [4.69, 9.17) is 0 Å². The Morgan fingerprint density at radius 1 is 1.26 bits per heavy atom. The summed E-state index contributed by atoms with van der Waals surface area (Å²) in [5.41, 5.74) is 3.33. The van der Waals surface area contributed by atoms with Crippen LogP contribution in [-0.2, 0) is 19.4 Å². The highest BCUT2D eigenvalue weighted by Crippen LogP contribution is 2.41. The van der Waals surface area contributed by atoms with Crippen LogP contribution in [0.3, 0.4) is 0 Å². The molecule has 2 aliphatic rings. The van der Waals surface area contributed by atoms with Crippen molar-refractivity contribution in [2.75, 3.05) is 0 Å². The van der Waals surface area contributed by atoms with Crippen LogP contribution in [0.4, 0.5) is 9.18 Å². The monoisotopic (exact) mass is 433 g/mol. The third kappa shape index (κ3) is 4.24. The molecule has 5 nitrogen and oxygen atoms in total. The fourth-order valence-electron chi connectivity index (χ4n) is 3.72. The van der Waals surface area contributed by atoms with E-state index in [2.05, 4.69) is 31.5 Å². The van der Waals surface area contributed by atoms with E-state index in [1.54, 1.807) is 0 Å². The Morgan fingerprint density at radius 2 is 2.07 bits per heavy atom. The largest absolute Gasteiger partial charge is 0.334 e. The standard InChI is InChI=1S/C20H21BrFN3O2/c21-15-7-13(8-16(22)9-15)18(11-4-5-11)25-20(27)23-10-14-6-12-2-1-3-17(12)24-19(14)26/h6-9,11,18H,1-5,10H2,(H,24,26)(H2,23,25,27). The Hall–Kier alpha value is -2.15. The first kappa shape index (κ1) is 18.2. The number of benzene rings is 1. The van der Waals surface area contributed by atoms with Gasteiger partial charge in [0, 0.05) is 22.3 Å². The molecule has 2 aromatic rings. The molecule has 142 valence electrons. The first-order valence-corrected chi connectivity index (χ1v) is 10.0. The van der Waals surface area contributed by atoms with Crippen LogP contribution in [0.1, 0.15) is 47.7 Å². The van der Waals surface area contributed by atoms with Crippen molar-refractivity contribution in [3.05, 3.63) is 67.3 Å². The van der Waals surface area contributed by atoms with Gasteiger partial charge in [0.1, 0.15) is 5.82 Å². The lowest BCUT2D eigenvalue weighted by Gasteiger charge is -2.20. The van der Waals surface area contributed by atoms with Gasteiger partial charge in [0.2, 0.25) is 0 Å². The fourth-order valence-corrected chi connectivity index (χ4v) is 4.20. The molecular weight excluding hydrogens is 413 g/mol. The van der Waals surface area contributed by atoms with Crippen molar-refractivity contribution < 1.29 is 9.18 Å². The van der Waals surface area contributed by atoms with Gasteiger partial charge in [-0.25, -0.2) is 9.18 Å². The van der Waals surface area contributed by atoms with Crippen molar-refractivity contribution >= 4 is 22.0 Å². The molecule has 3 N–H and O–H groups in total. The van der Waals surface area contributed by atoms with Gasteiger partial charge in [-0.15, -0.1) is 0 Å². The van der Waals surface area contributed by atoms with Crippen molar-refractivity contribution in [2.24, 2.45) is 5.92 Å². The lowest BCUT2D eigenvalue weighted by Crippen LogP contribution is -2.39. The summed E-state index contributed by atoms with van der Waals surface area (Å²) in [5.74, 6) is -0.0234. The maximum absolute atomic E-state index is 13.7. The molecule has 0 radical (unpaired) electrons. The SMILES string of the molecule is O=C(NCc1cc2c([nH]c1=O)CCC2)NC(c1cc(F)cc(Br)c1)C1CC1. The third-order valence-electron chi connectivity index (χ3n) is 5.23. The zero-order valence-electron chi connectivity index (χ0n) is 14.8. The summed E-state index contributed by atoms with van der Waals surface area (Å²) in [7, 11) is 0. The predicted molar refractivity (Wildman–Crippen MR) is 104 cm³/mol. The Balaban J connectivity index is 1.43. The zero-order valence-corrected chi connectivity index (χ0v) is 16.4. The lowest BCUT2D eigenvalue weighted by molar-refractivity contribution is 0.235. The number of carbonyl (C=O) groups is 1. The number of carbonyl (C=O) groups excluding carboxylic acids is 1. The van der Waals surface area contributed by atoms with Crippen molar-refractivity contribution in [1.82, 2.24) is 15.6 Å². The van der Waals surface area contributed by atoms with E-state index in [1.165, 1.54) is 12.1 Å². The normalized spacial score (nSPS) is 16.7. The van der Waals surface area contributed by atoms with Crippen molar-refractivity contribution in [3.63, 3.8) is 0 Å². The number of rotatable bonds is 5. The summed E-state index contributed by atoms with van der Waals surface area (Å²) in [6.07, 6.45) is 4.93. The number of aromatic nitrogens is 1. The Bertz CT molecular complexity index is 919. The van der Waals surface area contributed by atoms with Gasteiger partial charge in [-0.2, -0.15) is 0 Å². The first-order valence-electron chi connectivity index (χ1n) is 9.24. The Labute approximate surface area is 164 Å². The molecule has 1 saturated carbocycles. The van der Waals surface area contributed by atoms with Crippen LogP contribution < -0.4 is 16.2 Å². The summed E-state index contributed by atoms with van der Waals surface area (Å²) < 4.78 is 14.4.